The van der Waals surface area contributed by atoms with Crippen molar-refractivity contribution in [3.8, 4) is 0 Å². The Labute approximate surface area is 75.8 Å². The fraction of sp³-hybridized carbons (Fsp3) is 0.818. The van der Waals surface area contributed by atoms with Crippen LogP contribution in [0.25, 0.3) is 0 Å². The molecule has 1 rings (SSSR count). The van der Waals surface area contributed by atoms with Crippen LogP contribution in [0.3, 0.4) is 0 Å². The molecule has 1 atom stereocenters. The highest BCUT2D eigenvalue weighted by Crippen LogP contribution is 2.31. The molecule has 0 aromatic rings. The monoisotopic (exact) mass is 168 g/mol. The number of ether oxygens (including phenoxy) is 1. The van der Waals surface area contributed by atoms with Crippen LogP contribution in [0.2, 0.25) is 0 Å². The first kappa shape index (κ1) is 9.79. The molecule has 0 saturated carbocycles. The minimum atomic E-state index is 0.239. The van der Waals surface area contributed by atoms with Gasteiger partial charge in [-0.05, 0) is 33.1 Å². The summed E-state index contributed by atoms with van der Waals surface area (Å²) in [6.07, 6.45) is 7.24. The van der Waals surface area contributed by atoms with Gasteiger partial charge in [-0.2, -0.15) is 0 Å². The third-order valence-electron chi connectivity index (χ3n) is 2.45. The molecule has 0 N–H and O–H groups in total. The van der Waals surface area contributed by atoms with Crippen LogP contribution >= 0.6 is 0 Å². The zero-order valence-corrected chi connectivity index (χ0v) is 8.52. The highest BCUT2D eigenvalue weighted by Gasteiger charge is 2.37. The molecule has 1 nitrogen and oxygen atoms in total. The number of hydrogen-bond acceptors (Lipinski definition) is 1. The molecule has 1 heteroatoms. The van der Waals surface area contributed by atoms with Crippen LogP contribution in [0.5, 0.6) is 0 Å². The first-order valence-corrected chi connectivity index (χ1v) is 4.96. The van der Waals surface area contributed by atoms with Gasteiger partial charge in [0, 0.05) is 0 Å². The van der Waals surface area contributed by atoms with Gasteiger partial charge in [0.25, 0.3) is 0 Å². The van der Waals surface area contributed by atoms with E-state index in [1.807, 2.05) is 0 Å². The highest BCUT2D eigenvalue weighted by molar-refractivity contribution is 4.99. The summed E-state index contributed by atoms with van der Waals surface area (Å²) < 4.78 is 5.31. The van der Waals surface area contributed by atoms with Gasteiger partial charge in [0.05, 0.1) is 12.2 Å². The molecule has 1 fully saturated rings. The second kappa shape index (κ2) is 4.08. The summed E-state index contributed by atoms with van der Waals surface area (Å²) in [6, 6.07) is 0. The van der Waals surface area contributed by atoms with Gasteiger partial charge in [0.1, 0.15) is 0 Å². The molecule has 0 unspecified atom stereocenters. The number of allylic oxidation sites excluding steroid dienone is 2. The molecule has 0 aromatic carbocycles. The summed E-state index contributed by atoms with van der Waals surface area (Å²) >= 11 is 0. The minimum Gasteiger partial charge on any atom is -0.370 e. The van der Waals surface area contributed by atoms with E-state index in [-0.39, 0.29) is 5.60 Å². The molecule has 0 bridgehead atoms. The molecular formula is C11H20O. The second-order valence-corrected chi connectivity index (χ2v) is 4.08. The van der Waals surface area contributed by atoms with Crippen LogP contribution < -0.4 is 0 Å². The fourth-order valence-corrected chi connectivity index (χ4v) is 1.39. The van der Waals surface area contributed by atoms with Gasteiger partial charge in [-0.3, -0.25) is 0 Å². The topological polar surface area (TPSA) is 12.5 Å². The molecule has 1 heterocycles. The molecule has 1 aliphatic rings. The lowest BCUT2D eigenvalue weighted by atomic mass is 10.0. The van der Waals surface area contributed by atoms with Gasteiger partial charge in [0.15, 0.2) is 0 Å². The van der Waals surface area contributed by atoms with Crippen molar-refractivity contribution in [1.82, 2.24) is 0 Å². The van der Waals surface area contributed by atoms with Crippen molar-refractivity contribution in [3.63, 3.8) is 0 Å². The molecule has 0 spiro atoms. The molecule has 1 saturated heterocycles. The second-order valence-electron chi connectivity index (χ2n) is 4.08. The molecule has 70 valence electrons. The van der Waals surface area contributed by atoms with Crippen LogP contribution in [0, 0.1) is 0 Å². The highest BCUT2D eigenvalue weighted by atomic mass is 16.6. The van der Waals surface area contributed by atoms with E-state index >= 15 is 0 Å². The van der Waals surface area contributed by atoms with E-state index in [4.69, 9.17) is 4.74 Å². The summed E-state index contributed by atoms with van der Waals surface area (Å²) in [7, 11) is 0. The Kier molecular flexibility index (Phi) is 3.33. The Hall–Kier alpha value is -0.300. The normalized spacial score (nSPS) is 29.1. The maximum absolute atomic E-state index is 5.31. The van der Waals surface area contributed by atoms with Crippen molar-refractivity contribution in [1.29, 1.82) is 0 Å². The van der Waals surface area contributed by atoms with Crippen LogP contribution in [0.15, 0.2) is 11.6 Å². The van der Waals surface area contributed by atoms with Gasteiger partial charge in [-0.15, -0.1) is 0 Å². The number of hydrogen-bond donors (Lipinski definition) is 0. The number of epoxide rings is 1. The molecule has 12 heavy (non-hydrogen) atoms. The van der Waals surface area contributed by atoms with E-state index in [1.165, 1.54) is 31.3 Å². The van der Waals surface area contributed by atoms with E-state index in [1.54, 1.807) is 0 Å². The van der Waals surface area contributed by atoms with Gasteiger partial charge in [-0.1, -0.05) is 25.0 Å². The lowest BCUT2D eigenvalue weighted by molar-refractivity contribution is 0.310. The van der Waals surface area contributed by atoms with E-state index in [0.29, 0.717) is 0 Å². The average molecular weight is 168 g/mol. The van der Waals surface area contributed by atoms with Crippen LogP contribution in [0.4, 0.5) is 0 Å². The maximum Gasteiger partial charge on any atom is 0.0891 e. The first-order chi connectivity index (χ1) is 5.66. The van der Waals surface area contributed by atoms with Gasteiger partial charge >= 0.3 is 0 Å². The van der Waals surface area contributed by atoms with E-state index in [9.17, 15) is 0 Å². The van der Waals surface area contributed by atoms with E-state index in [0.717, 1.165) is 6.61 Å². The SMILES string of the molecule is CCC/C(C)=C/CC[C@]1(C)CO1. The van der Waals surface area contributed by atoms with E-state index in [2.05, 4.69) is 26.8 Å². The summed E-state index contributed by atoms with van der Waals surface area (Å²) in [5.74, 6) is 0. The lowest BCUT2D eigenvalue weighted by Crippen LogP contribution is -2.02. The van der Waals surface area contributed by atoms with Crippen LogP contribution in [0.1, 0.15) is 46.5 Å². The molecule has 0 aliphatic carbocycles. The van der Waals surface area contributed by atoms with Crippen molar-refractivity contribution in [2.75, 3.05) is 6.61 Å². The zero-order valence-electron chi connectivity index (χ0n) is 8.52. The summed E-state index contributed by atoms with van der Waals surface area (Å²) in [5, 5.41) is 0. The Balaban J connectivity index is 2.11. The van der Waals surface area contributed by atoms with E-state index < -0.39 is 0 Å². The predicted octanol–water partition coefficient (Wildman–Crippen LogP) is 3.30. The van der Waals surface area contributed by atoms with Crippen LogP contribution in [-0.4, -0.2) is 12.2 Å². The van der Waals surface area contributed by atoms with Crippen molar-refractivity contribution in [2.45, 2.75) is 52.1 Å². The molecule has 0 radical (unpaired) electrons. The van der Waals surface area contributed by atoms with Crippen LogP contribution in [-0.2, 0) is 4.74 Å². The standard InChI is InChI=1S/C11H20O/c1-4-6-10(2)7-5-8-11(3)9-12-11/h7H,4-6,8-9H2,1-3H3/b10-7+/t11-/m1/s1. The van der Waals surface area contributed by atoms with Gasteiger partial charge in [0.2, 0.25) is 0 Å². The summed E-state index contributed by atoms with van der Waals surface area (Å²) in [4.78, 5) is 0. The summed E-state index contributed by atoms with van der Waals surface area (Å²) in [5.41, 5.74) is 1.77. The Bertz CT molecular complexity index is 166. The molecule has 0 aromatic heterocycles. The summed E-state index contributed by atoms with van der Waals surface area (Å²) in [6.45, 7) is 7.60. The Morgan fingerprint density at radius 3 is 2.75 bits per heavy atom. The first-order valence-electron chi connectivity index (χ1n) is 4.96. The Morgan fingerprint density at radius 2 is 2.25 bits per heavy atom. The quantitative estimate of drug-likeness (QED) is 0.453. The smallest absolute Gasteiger partial charge is 0.0891 e. The molecular weight excluding hydrogens is 148 g/mol. The van der Waals surface area contributed by atoms with Crippen molar-refractivity contribution >= 4 is 0 Å². The van der Waals surface area contributed by atoms with Gasteiger partial charge in [-0.25, -0.2) is 0 Å². The largest absolute Gasteiger partial charge is 0.370 e. The third-order valence-corrected chi connectivity index (χ3v) is 2.45. The minimum absolute atomic E-state index is 0.239. The lowest BCUT2D eigenvalue weighted by Gasteiger charge is -2.02. The maximum atomic E-state index is 5.31. The Morgan fingerprint density at radius 1 is 1.58 bits per heavy atom. The average Bonchev–Trinajstić information content (AvgIpc) is 2.69. The molecule has 1 aliphatic heterocycles. The van der Waals surface area contributed by atoms with Crippen molar-refractivity contribution < 1.29 is 4.74 Å². The van der Waals surface area contributed by atoms with Crippen molar-refractivity contribution in [3.05, 3.63) is 11.6 Å². The fourth-order valence-electron chi connectivity index (χ4n) is 1.39. The molecule has 0 amide bonds. The zero-order chi connectivity index (χ0) is 9.03. The van der Waals surface area contributed by atoms with Gasteiger partial charge < -0.3 is 4.74 Å². The van der Waals surface area contributed by atoms with Crippen molar-refractivity contribution in [2.24, 2.45) is 0 Å². The third kappa shape index (κ3) is 3.40. The number of rotatable bonds is 5. The predicted molar refractivity (Wildman–Crippen MR) is 52.3 cm³/mol.